The van der Waals surface area contributed by atoms with E-state index in [1.54, 1.807) is 30.3 Å². The number of pyridine rings is 2. The average Bonchev–Trinajstić information content (AvgIpc) is 2.92. The van der Waals surface area contributed by atoms with Crippen molar-refractivity contribution in [2.75, 3.05) is 0 Å². The number of sulfonamides is 1. The van der Waals surface area contributed by atoms with Crippen molar-refractivity contribution >= 4 is 26.8 Å². The van der Waals surface area contributed by atoms with Crippen LogP contribution in [0.1, 0.15) is 55.6 Å². The van der Waals surface area contributed by atoms with Gasteiger partial charge in [0, 0.05) is 34.3 Å². The van der Waals surface area contributed by atoms with E-state index >= 15 is 0 Å². The Balaban J connectivity index is 1.20. The summed E-state index contributed by atoms with van der Waals surface area (Å²) in [6, 6.07) is 18.3. The van der Waals surface area contributed by atoms with Gasteiger partial charge in [0.05, 0.1) is 22.1 Å². The Kier molecular flexibility index (Phi) is 7.96. The van der Waals surface area contributed by atoms with Crippen LogP contribution in [0, 0.1) is 25.6 Å². The van der Waals surface area contributed by atoms with E-state index in [-0.39, 0.29) is 34.6 Å². The van der Waals surface area contributed by atoms with Crippen molar-refractivity contribution in [1.29, 1.82) is 0 Å². The second-order valence-electron chi connectivity index (χ2n) is 10.6. The maximum absolute atomic E-state index is 13.2. The Morgan fingerprint density at radius 1 is 0.900 bits per heavy atom. The van der Waals surface area contributed by atoms with Gasteiger partial charge in [-0.05, 0) is 101 Å². The number of aromatic nitrogens is 2. The third-order valence-corrected chi connectivity index (χ3v) is 9.01. The topological polar surface area (TPSA) is 101 Å². The zero-order valence-corrected chi connectivity index (χ0v) is 23.6. The Morgan fingerprint density at radius 2 is 1.57 bits per heavy atom. The van der Waals surface area contributed by atoms with Gasteiger partial charge >= 0.3 is 0 Å². The van der Waals surface area contributed by atoms with Crippen LogP contribution in [0.3, 0.4) is 0 Å². The van der Waals surface area contributed by atoms with Crippen LogP contribution in [0.2, 0.25) is 0 Å². The molecule has 1 aliphatic rings. The second kappa shape index (κ2) is 11.4. The molecule has 0 radical (unpaired) electrons. The lowest BCUT2D eigenvalue weighted by atomic mass is 9.85. The third-order valence-electron chi connectivity index (χ3n) is 7.50. The van der Waals surface area contributed by atoms with E-state index in [1.807, 2.05) is 45.0 Å². The summed E-state index contributed by atoms with van der Waals surface area (Å²) in [4.78, 5) is 22.1. The third kappa shape index (κ3) is 6.37. The fourth-order valence-electron chi connectivity index (χ4n) is 5.34. The molecule has 0 aliphatic heterocycles. The molecule has 9 heteroatoms. The van der Waals surface area contributed by atoms with E-state index in [0.29, 0.717) is 31.2 Å². The molecular formula is C31H33FN4O3S. The minimum absolute atomic E-state index is 0.0587. The van der Waals surface area contributed by atoms with Crippen LogP contribution in [0.5, 0.6) is 0 Å². The summed E-state index contributed by atoms with van der Waals surface area (Å²) in [5.41, 5.74) is 5.16. The highest BCUT2D eigenvalue weighted by molar-refractivity contribution is 7.89. The molecule has 2 heterocycles. The van der Waals surface area contributed by atoms with Crippen LogP contribution in [0.4, 0.5) is 4.39 Å². The lowest BCUT2D eigenvalue weighted by Gasteiger charge is -2.29. The number of halogens is 1. The molecule has 1 saturated carbocycles. The second-order valence-corrected chi connectivity index (χ2v) is 12.4. The number of hydrogen-bond donors (Lipinski definition) is 2. The van der Waals surface area contributed by atoms with Crippen molar-refractivity contribution in [2.45, 2.75) is 63.4 Å². The summed E-state index contributed by atoms with van der Waals surface area (Å²) in [5.74, 6) is -0.558. The Morgan fingerprint density at radius 3 is 2.25 bits per heavy atom. The molecule has 1 fully saturated rings. The first-order chi connectivity index (χ1) is 19.1. The van der Waals surface area contributed by atoms with E-state index in [1.165, 1.54) is 12.1 Å². The van der Waals surface area contributed by atoms with Crippen molar-refractivity contribution in [3.8, 4) is 11.3 Å². The van der Waals surface area contributed by atoms with E-state index in [2.05, 4.69) is 15.0 Å². The average molecular weight is 561 g/mol. The number of aryl methyl sites for hydroxylation is 2. The Labute approximate surface area is 234 Å². The normalized spacial score (nSPS) is 18.4. The van der Waals surface area contributed by atoms with Gasteiger partial charge in [-0.25, -0.2) is 22.5 Å². The molecule has 0 bridgehead atoms. The first-order valence-corrected chi connectivity index (χ1v) is 15.0. The first kappa shape index (κ1) is 27.9. The van der Waals surface area contributed by atoms with Gasteiger partial charge in [0.25, 0.3) is 0 Å². The number of benzene rings is 2. The molecule has 1 aliphatic carbocycles. The minimum Gasteiger partial charge on any atom is -0.349 e. The standard InChI is InChI=1S/C31H33FN4O3S/c1-19-16-25(17-20(2)33-19)30-14-8-24-18-28(13-15-29(24)35-30)40(38,39)36-27-11-6-23(7-12-27)31(37)34-21(3)22-4-9-26(32)10-5-22/h4-5,8-10,13-18,21,23,27,36H,6-7,11-12H2,1-3H3,(H,34,37)/t21-,23-,27-/m1/s1. The molecule has 5 rings (SSSR count). The Bertz CT molecular complexity index is 1630. The van der Waals surface area contributed by atoms with Gasteiger partial charge in [0.2, 0.25) is 15.9 Å². The van der Waals surface area contributed by atoms with E-state index in [4.69, 9.17) is 4.98 Å². The van der Waals surface area contributed by atoms with E-state index < -0.39 is 10.0 Å². The SMILES string of the molecule is Cc1cc(-c2ccc3cc(S(=O)(=O)N[C@H]4CC[C@H](C(=O)N[C@H](C)c5ccc(F)cc5)CC4)ccc3n2)cc(C)n1. The molecule has 2 aromatic heterocycles. The van der Waals surface area contributed by atoms with Crippen molar-refractivity contribution in [3.63, 3.8) is 0 Å². The number of rotatable bonds is 7. The van der Waals surface area contributed by atoms with Crippen molar-refractivity contribution in [2.24, 2.45) is 5.92 Å². The van der Waals surface area contributed by atoms with Gasteiger partial charge in [-0.2, -0.15) is 0 Å². The minimum atomic E-state index is -3.74. The van der Waals surface area contributed by atoms with Crippen LogP contribution >= 0.6 is 0 Å². The highest BCUT2D eigenvalue weighted by Gasteiger charge is 2.30. The van der Waals surface area contributed by atoms with Gasteiger partial charge in [-0.3, -0.25) is 9.78 Å². The molecule has 0 saturated heterocycles. The molecule has 1 amide bonds. The molecule has 2 aromatic carbocycles. The number of nitrogens with one attached hydrogen (secondary N) is 2. The fourth-order valence-corrected chi connectivity index (χ4v) is 6.68. The van der Waals surface area contributed by atoms with Crippen LogP contribution in [-0.4, -0.2) is 30.3 Å². The number of amides is 1. The largest absolute Gasteiger partial charge is 0.349 e. The predicted octanol–water partition coefficient (Wildman–Crippen LogP) is 5.77. The van der Waals surface area contributed by atoms with Crippen LogP contribution < -0.4 is 10.0 Å². The number of carbonyl (C=O) groups excluding carboxylic acids is 1. The van der Waals surface area contributed by atoms with E-state index in [0.717, 1.165) is 33.6 Å². The van der Waals surface area contributed by atoms with Crippen molar-refractivity contribution < 1.29 is 17.6 Å². The number of carbonyl (C=O) groups is 1. The van der Waals surface area contributed by atoms with Gasteiger partial charge in [-0.1, -0.05) is 18.2 Å². The molecule has 1 atom stereocenters. The van der Waals surface area contributed by atoms with Crippen molar-refractivity contribution in [3.05, 3.63) is 89.5 Å². The molecule has 0 unspecified atom stereocenters. The summed E-state index contributed by atoms with van der Waals surface area (Å²) < 4.78 is 42.4. The van der Waals surface area contributed by atoms with Crippen LogP contribution in [-0.2, 0) is 14.8 Å². The number of fused-ring (bicyclic) bond motifs is 1. The number of nitrogens with zero attached hydrogens (tertiary/aromatic N) is 2. The molecule has 208 valence electrons. The molecular weight excluding hydrogens is 527 g/mol. The van der Waals surface area contributed by atoms with Crippen molar-refractivity contribution in [1.82, 2.24) is 20.0 Å². The quantitative estimate of drug-likeness (QED) is 0.299. The maximum atomic E-state index is 13.2. The lowest BCUT2D eigenvalue weighted by Crippen LogP contribution is -2.41. The highest BCUT2D eigenvalue weighted by atomic mass is 32.2. The predicted molar refractivity (Wildman–Crippen MR) is 153 cm³/mol. The smallest absolute Gasteiger partial charge is 0.240 e. The van der Waals surface area contributed by atoms with Crippen LogP contribution in [0.15, 0.2) is 71.6 Å². The Hall–Kier alpha value is -3.69. The summed E-state index contributed by atoms with van der Waals surface area (Å²) in [6.07, 6.45) is 2.33. The fraction of sp³-hybridized carbons (Fsp3) is 0.323. The van der Waals surface area contributed by atoms with Gasteiger partial charge < -0.3 is 5.32 Å². The molecule has 0 spiro atoms. The summed E-state index contributed by atoms with van der Waals surface area (Å²) >= 11 is 0. The zero-order chi connectivity index (χ0) is 28.4. The summed E-state index contributed by atoms with van der Waals surface area (Å²) in [6.45, 7) is 5.75. The van der Waals surface area contributed by atoms with Gasteiger partial charge in [0.1, 0.15) is 5.82 Å². The number of hydrogen-bond acceptors (Lipinski definition) is 5. The molecule has 4 aromatic rings. The molecule has 40 heavy (non-hydrogen) atoms. The highest BCUT2D eigenvalue weighted by Crippen LogP contribution is 2.28. The lowest BCUT2D eigenvalue weighted by molar-refractivity contribution is -0.126. The summed E-state index contributed by atoms with van der Waals surface area (Å²) in [7, 11) is -3.74. The maximum Gasteiger partial charge on any atom is 0.240 e. The van der Waals surface area contributed by atoms with Crippen LogP contribution in [0.25, 0.3) is 22.2 Å². The summed E-state index contributed by atoms with van der Waals surface area (Å²) in [5, 5.41) is 3.74. The first-order valence-electron chi connectivity index (χ1n) is 13.5. The van der Waals surface area contributed by atoms with Gasteiger partial charge in [0.15, 0.2) is 0 Å². The molecule has 7 nitrogen and oxygen atoms in total. The monoisotopic (exact) mass is 560 g/mol. The van der Waals surface area contributed by atoms with E-state index in [9.17, 15) is 17.6 Å². The van der Waals surface area contributed by atoms with Gasteiger partial charge in [-0.15, -0.1) is 0 Å². The zero-order valence-electron chi connectivity index (χ0n) is 22.8. The molecule has 2 N–H and O–H groups in total.